The first-order chi connectivity index (χ1) is 18.2. The third-order valence-corrected chi connectivity index (χ3v) is 9.46. The number of hydrogen-bond donors (Lipinski definition) is 0. The maximum atomic E-state index is 2.42. The van der Waals surface area contributed by atoms with Gasteiger partial charge in [-0.2, -0.15) is 0 Å². The van der Waals surface area contributed by atoms with Gasteiger partial charge in [-0.05, 0) is 74.5 Å². The van der Waals surface area contributed by atoms with Crippen LogP contribution in [0.1, 0.15) is 23.6 Å². The van der Waals surface area contributed by atoms with Gasteiger partial charge in [0, 0.05) is 20.6 Å². The molecule has 0 saturated carbocycles. The van der Waals surface area contributed by atoms with Gasteiger partial charge in [0.25, 0.3) is 0 Å². The van der Waals surface area contributed by atoms with Crippen LogP contribution in [0.15, 0.2) is 137 Å². The second-order valence-electron chi connectivity index (χ2n) is 10.2. The molecule has 1 atom stereocenters. The Morgan fingerprint density at radius 2 is 1.22 bits per heavy atom. The number of hydrogen-bond acceptors (Lipinski definition) is 1. The average molecular weight is 489 g/mol. The molecule has 1 heterocycles. The van der Waals surface area contributed by atoms with Gasteiger partial charge in [-0.3, -0.25) is 0 Å². The highest BCUT2D eigenvalue weighted by atomic mass is 32.2. The van der Waals surface area contributed by atoms with E-state index in [0.717, 1.165) is 0 Å². The second kappa shape index (κ2) is 7.71. The van der Waals surface area contributed by atoms with Gasteiger partial charge in [-0.15, -0.1) is 0 Å². The van der Waals surface area contributed by atoms with Crippen molar-refractivity contribution in [3.63, 3.8) is 0 Å². The fourth-order valence-corrected chi connectivity index (χ4v) is 7.83. The van der Waals surface area contributed by atoms with E-state index in [1.807, 2.05) is 11.8 Å². The lowest BCUT2D eigenvalue weighted by atomic mass is 9.72. The third kappa shape index (κ3) is 2.86. The highest BCUT2D eigenvalue weighted by Crippen LogP contribution is 2.56. The molecule has 0 aromatic heterocycles. The van der Waals surface area contributed by atoms with Crippen LogP contribution in [-0.4, -0.2) is 0 Å². The molecule has 6 aromatic carbocycles. The molecular formula is C36H24S. The molecule has 0 saturated heterocycles. The first-order valence-electron chi connectivity index (χ1n) is 12.9. The van der Waals surface area contributed by atoms with Crippen LogP contribution < -0.4 is 0 Å². The van der Waals surface area contributed by atoms with Crippen LogP contribution in [0.4, 0.5) is 0 Å². The minimum Gasteiger partial charge on any atom is -0.0888 e. The van der Waals surface area contributed by atoms with Crippen molar-refractivity contribution in [1.29, 1.82) is 0 Å². The monoisotopic (exact) mass is 488 g/mol. The predicted molar refractivity (Wildman–Crippen MR) is 156 cm³/mol. The van der Waals surface area contributed by atoms with E-state index in [1.165, 1.54) is 70.6 Å². The topological polar surface area (TPSA) is 0 Å². The summed E-state index contributed by atoms with van der Waals surface area (Å²) in [5.74, 6) is 0. The molecule has 6 aromatic rings. The maximum absolute atomic E-state index is 2.42. The van der Waals surface area contributed by atoms with Crippen molar-refractivity contribution in [3.8, 4) is 33.4 Å². The number of rotatable bonds is 2. The zero-order chi connectivity index (χ0) is 24.6. The van der Waals surface area contributed by atoms with Crippen molar-refractivity contribution in [2.24, 2.45) is 0 Å². The maximum Gasteiger partial charge on any atom is 0.0441 e. The largest absolute Gasteiger partial charge is 0.0888 e. The number of benzene rings is 6. The molecule has 0 fully saturated rings. The summed E-state index contributed by atoms with van der Waals surface area (Å²) >= 11 is 1.90. The molecule has 1 unspecified atom stereocenters. The summed E-state index contributed by atoms with van der Waals surface area (Å²) in [6, 6.07) is 47.2. The van der Waals surface area contributed by atoms with Crippen LogP contribution in [0.25, 0.3) is 44.2 Å². The summed E-state index contributed by atoms with van der Waals surface area (Å²) < 4.78 is 0. The molecule has 1 aliphatic heterocycles. The average Bonchev–Trinajstić information content (AvgIpc) is 3.23. The van der Waals surface area contributed by atoms with Crippen molar-refractivity contribution in [2.45, 2.75) is 22.1 Å². The Morgan fingerprint density at radius 1 is 0.514 bits per heavy atom. The standard InChI is InChI=1S/C36H24S/c1-36(25-12-3-2-4-13-25)31-18-6-5-14-27(31)30-17-9-15-26(35(30)36)24-20-21-28-29-16-7-10-23-11-8-19-32(34(23)29)37-33(28)22-24/h2-22H,1H3. The molecule has 0 amide bonds. The summed E-state index contributed by atoms with van der Waals surface area (Å²) in [5, 5.41) is 2.69. The van der Waals surface area contributed by atoms with E-state index < -0.39 is 0 Å². The molecule has 2 aliphatic rings. The second-order valence-corrected chi connectivity index (χ2v) is 11.3. The fourth-order valence-electron chi connectivity index (χ4n) is 6.65. The van der Waals surface area contributed by atoms with Crippen molar-refractivity contribution >= 4 is 22.5 Å². The van der Waals surface area contributed by atoms with E-state index in [4.69, 9.17) is 0 Å². The lowest BCUT2D eigenvalue weighted by Gasteiger charge is -2.30. The van der Waals surface area contributed by atoms with Gasteiger partial charge < -0.3 is 0 Å². The zero-order valence-electron chi connectivity index (χ0n) is 20.5. The Labute approximate surface area is 221 Å². The molecule has 1 aliphatic carbocycles. The Balaban J connectivity index is 1.37. The van der Waals surface area contributed by atoms with Crippen molar-refractivity contribution < 1.29 is 0 Å². The SMILES string of the molecule is CC1(c2ccccc2)c2ccccc2-c2cccc(-c3ccc4c(c3)Sc3cccc5cccc-4c35)c21. The van der Waals surface area contributed by atoms with Gasteiger partial charge in [0.15, 0.2) is 0 Å². The minimum absolute atomic E-state index is 0.217. The van der Waals surface area contributed by atoms with Gasteiger partial charge >= 0.3 is 0 Å². The zero-order valence-corrected chi connectivity index (χ0v) is 21.3. The van der Waals surface area contributed by atoms with Crippen LogP contribution in [0.3, 0.4) is 0 Å². The van der Waals surface area contributed by atoms with Crippen molar-refractivity contribution in [2.75, 3.05) is 0 Å². The van der Waals surface area contributed by atoms with Crippen molar-refractivity contribution in [1.82, 2.24) is 0 Å². The predicted octanol–water partition coefficient (Wildman–Crippen LogP) is 9.97. The molecular weight excluding hydrogens is 464 g/mol. The van der Waals surface area contributed by atoms with E-state index in [1.54, 1.807) is 0 Å². The molecule has 174 valence electrons. The van der Waals surface area contributed by atoms with Crippen molar-refractivity contribution in [3.05, 3.63) is 144 Å². The fraction of sp³-hybridized carbons (Fsp3) is 0.0556. The van der Waals surface area contributed by atoms with Crippen LogP contribution in [0.5, 0.6) is 0 Å². The Hall–Kier alpha value is -4.07. The summed E-state index contributed by atoms with van der Waals surface area (Å²) in [7, 11) is 0. The van der Waals surface area contributed by atoms with E-state index in [2.05, 4.69) is 134 Å². The summed E-state index contributed by atoms with van der Waals surface area (Å²) in [6.07, 6.45) is 0. The van der Waals surface area contributed by atoms with Gasteiger partial charge in [0.2, 0.25) is 0 Å². The highest BCUT2D eigenvalue weighted by molar-refractivity contribution is 7.99. The van der Waals surface area contributed by atoms with Crippen LogP contribution in [0, 0.1) is 0 Å². The molecule has 1 heteroatoms. The van der Waals surface area contributed by atoms with E-state index >= 15 is 0 Å². The highest BCUT2D eigenvalue weighted by Gasteiger charge is 2.42. The third-order valence-electron chi connectivity index (χ3n) is 8.34. The molecule has 0 spiro atoms. The van der Waals surface area contributed by atoms with Gasteiger partial charge in [0.1, 0.15) is 0 Å². The van der Waals surface area contributed by atoms with E-state index in [0.29, 0.717) is 0 Å². The summed E-state index contributed by atoms with van der Waals surface area (Å²) in [5.41, 5.74) is 11.9. The summed E-state index contributed by atoms with van der Waals surface area (Å²) in [4.78, 5) is 2.68. The van der Waals surface area contributed by atoms with E-state index in [-0.39, 0.29) is 5.41 Å². The normalized spacial score (nSPS) is 16.8. The molecule has 0 radical (unpaired) electrons. The molecule has 8 rings (SSSR count). The van der Waals surface area contributed by atoms with E-state index in [9.17, 15) is 0 Å². The van der Waals surface area contributed by atoms with Crippen LogP contribution in [0.2, 0.25) is 0 Å². The first kappa shape index (κ1) is 21.1. The summed E-state index contributed by atoms with van der Waals surface area (Å²) in [6.45, 7) is 2.40. The van der Waals surface area contributed by atoms with Gasteiger partial charge in [-0.25, -0.2) is 0 Å². The lowest BCUT2D eigenvalue weighted by molar-refractivity contribution is 0.715. The van der Waals surface area contributed by atoms with Crippen LogP contribution in [-0.2, 0) is 5.41 Å². The number of fused-ring (bicyclic) bond motifs is 5. The minimum atomic E-state index is -0.217. The lowest BCUT2D eigenvalue weighted by Crippen LogP contribution is -2.23. The molecule has 37 heavy (non-hydrogen) atoms. The smallest absolute Gasteiger partial charge is 0.0441 e. The van der Waals surface area contributed by atoms with Gasteiger partial charge in [0.05, 0.1) is 0 Å². The van der Waals surface area contributed by atoms with Gasteiger partial charge in [-0.1, -0.05) is 127 Å². The quantitative estimate of drug-likeness (QED) is 0.233. The Kier molecular flexibility index (Phi) is 4.39. The first-order valence-corrected chi connectivity index (χ1v) is 13.7. The molecule has 0 N–H and O–H groups in total. The Bertz CT molecular complexity index is 1860. The molecule has 0 bridgehead atoms. The Morgan fingerprint density at radius 3 is 2.11 bits per heavy atom. The van der Waals surface area contributed by atoms with Crippen LogP contribution >= 0.6 is 11.8 Å². The molecule has 0 nitrogen and oxygen atoms in total.